The number of sulfonamides is 1. The van der Waals surface area contributed by atoms with E-state index in [0.717, 1.165) is 5.82 Å². The van der Waals surface area contributed by atoms with Crippen LogP contribution < -0.4 is 4.90 Å². The second-order valence-electron chi connectivity index (χ2n) is 7.48. The van der Waals surface area contributed by atoms with E-state index in [1.165, 1.54) is 27.4 Å². The van der Waals surface area contributed by atoms with Crippen LogP contribution in [0, 0.1) is 0 Å². The Balaban J connectivity index is 1.37. The molecule has 0 N–H and O–H groups in total. The monoisotopic (exact) mass is 470 g/mol. The van der Waals surface area contributed by atoms with Crippen molar-refractivity contribution in [1.82, 2.24) is 34.2 Å². The van der Waals surface area contributed by atoms with Gasteiger partial charge in [0.2, 0.25) is 10.0 Å². The van der Waals surface area contributed by atoms with Crippen molar-refractivity contribution < 1.29 is 13.2 Å². The molecule has 0 atom stereocenters. The van der Waals surface area contributed by atoms with Crippen LogP contribution in [0.2, 0.25) is 0 Å². The van der Waals surface area contributed by atoms with Crippen molar-refractivity contribution in [2.24, 2.45) is 0 Å². The van der Waals surface area contributed by atoms with Crippen molar-refractivity contribution in [3.63, 3.8) is 0 Å². The summed E-state index contributed by atoms with van der Waals surface area (Å²) in [5, 5.41) is 12.5. The topological polar surface area (TPSA) is 117 Å². The van der Waals surface area contributed by atoms with Crippen molar-refractivity contribution in [1.29, 1.82) is 0 Å². The molecule has 0 saturated carbocycles. The number of carbonyl (C=O) groups is 1. The number of anilines is 1. The van der Waals surface area contributed by atoms with Crippen LogP contribution in [0.5, 0.6) is 0 Å². The molecule has 1 aliphatic heterocycles. The molecule has 0 bridgehead atoms. The molecular formula is C21H26N8O3S. The van der Waals surface area contributed by atoms with E-state index in [-0.39, 0.29) is 10.8 Å². The number of carbonyl (C=O) groups excluding carboxylic acids is 1. The number of benzene rings is 1. The molecule has 0 aliphatic carbocycles. The molecule has 0 unspecified atom stereocenters. The predicted molar refractivity (Wildman–Crippen MR) is 122 cm³/mol. The van der Waals surface area contributed by atoms with Crippen molar-refractivity contribution in [3.05, 3.63) is 54.6 Å². The second-order valence-corrected chi connectivity index (χ2v) is 9.42. The minimum absolute atomic E-state index is 0.117. The number of hydrogen-bond acceptors (Lipinski definition) is 8. The van der Waals surface area contributed by atoms with Gasteiger partial charge >= 0.3 is 0 Å². The maximum Gasteiger partial charge on any atom is 0.253 e. The molecule has 12 heteroatoms. The average molecular weight is 471 g/mol. The van der Waals surface area contributed by atoms with Crippen LogP contribution in [0.25, 0.3) is 5.82 Å². The van der Waals surface area contributed by atoms with Crippen LogP contribution in [0.15, 0.2) is 53.9 Å². The third kappa shape index (κ3) is 4.71. The van der Waals surface area contributed by atoms with Crippen LogP contribution in [0.3, 0.4) is 0 Å². The van der Waals surface area contributed by atoms with Gasteiger partial charge in [0.1, 0.15) is 12.7 Å². The van der Waals surface area contributed by atoms with Gasteiger partial charge in [-0.2, -0.15) is 9.40 Å². The van der Waals surface area contributed by atoms with Crippen LogP contribution in [0.1, 0.15) is 24.2 Å². The molecule has 0 radical (unpaired) electrons. The van der Waals surface area contributed by atoms with Crippen LogP contribution in [-0.2, 0) is 10.0 Å². The lowest BCUT2D eigenvalue weighted by molar-refractivity contribution is 0.0746. The SMILES string of the molecule is CCN(CC)S(=O)(=O)c1ccc(C(=O)N2CCN(c3ccc(-n4cncn4)nn3)CC2)cc1. The average Bonchev–Trinajstić information content (AvgIpc) is 3.40. The van der Waals surface area contributed by atoms with Gasteiger partial charge in [0.15, 0.2) is 11.6 Å². The summed E-state index contributed by atoms with van der Waals surface area (Å²) >= 11 is 0. The molecular weight excluding hydrogens is 444 g/mol. The molecule has 1 fully saturated rings. The fourth-order valence-corrected chi connectivity index (χ4v) is 5.20. The molecule has 3 heterocycles. The van der Waals surface area contributed by atoms with Crippen LogP contribution in [-0.4, -0.2) is 87.8 Å². The van der Waals surface area contributed by atoms with E-state index < -0.39 is 10.0 Å². The van der Waals surface area contributed by atoms with Gasteiger partial charge in [0.05, 0.1) is 4.90 Å². The Morgan fingerprint density at radius 1 is 0.939 bits per heavy atom. The number of amides is 1. The molecule has 33 heavy (non-hydrogen) atoms. The Hall–Kier alpha value is -3.38. The van der Waals surface area contributed by atoms with E-state index in [2.05, 4.69) is 25.2 Å². The highest BCUT2D eigenvalue weighted by Crippen LogP contribution is 2.19. The maximum atomic E-state index is 12.9. The summed E-state index contributed by atoms with van der Waals surface area (Å²) in [5.41, 5.74) is 0.471. The number of nitrogens with zero attached hydrogens (tertiary/aromatic N) is 8. The van der Waals surface area contributed by atoms with Crippen molar-refractivity contribution in [2.45, 2.75) is 18.7 Å². The maximum absolute atomic E-state index is 12.9. The van der Waals surface area contributed by atoms with E-state index in [9.17, 15) is 13.2 Å². The first-order valence-electron chi connectivity index (χ1n) is 10.8. The highest BCUT2D eigenvalue weighted by Gasteiger charge is 2.25. The van der Waals surface area contributed by atoms with Crippen molar-refractivity contribution in [3.8, 4) is 5.82 Å². The smallest absolute Gasteiger partial charge is 0.253 e. The lowest BCUT2D eigenvalue weighted by Crippen LogP contribution is -2.49. The zero-order chi connectivity index (χ0) is 23.4. The summed E-state index contributed by atoms with van der Waals surface area (Å²) in [6.45, 7) is 6.71. The highest BCUT2D eigenvalue weighted by atomic mass is 32.2. The standard InChI is InChI=1S/C21H26N8O3S/c1-3-28(4-2)33(31,32)18-7-5-17(6-8-18)21(30)27-13-11-26(12-14-27)19-9-10-20(25-24-19)29-16-22-15-23-29/h5-10,15-16H,3-4,11-14H2,1-2H3. The first-order chi connectivity index (χ1) is 15.9. The Bertz CT molecular complexity index is 1170. The van der Waals surface area contributed by atoms with E-state index in [0.29, 0.717) is 50.6 Å². The molecule has 1 saturated heterocycles. The van der Waals surface area contributed by atoms with Crippen LogP contribution in [0.4, 0.5) is 5.82 Å². The van der Waals surface area contributed by atoms with Gasteiger partial charge in [-0.3, -0.25) is 4.79 Å². The molecule has 0 spiro atoms. The molecule has 1 amide bonds. The molecule has 4 rings (SSSR count). The largest absolute Gasteiger partial charge is 0.352 e. The number of hydrogen-bond donors (Lipinski definition) is 0. The van der Waals surface area contributed by atoms with E-state index in [1.807, 2.05) is 12.1 Å². The van der Waals surface area contributed by atoms with Gasteiger partial charge in [-0.25, -0.2) is 18.1 Å². The summed E-state index contributed by atoms with van der Waals surface area (Å²) in [4.78, 5) is 20.9. The van der Waals surface area contributed by atoms with Gasteiger partial charge in [-0.1, -0.05) is 13.8 Å². The predicted octanol–water partition coefficient (Wildman–Crippen LogP) is 1.05. The molecule has 1 aromatic carbocycles. The first kappa shape index (κ1) is 22.8. The van der Waals surface area contributed by atoms with Crippen LogP contribution >= 0.6 is 0 Å². The minimum Gasteiger partial charge on any atom is -0.352 e. The van der Waals surface area contributed by atoms with E-state index in [4.69, 9.17) is 0 Å². The van der Waals surface area contributed by atoms with Gasteiger partial charge < -0.3 is 9.80 Å². The summed E-state index contributed by atoms with van der Waals surface area (Å²) < 4.78 is 28.2. The summed E-state index contributed by atoms with van der Waals surface area (Å²) in [6.07, 6.45) is 2.99. The summed E-state index contributed by atoms with van der Waals surface area (Å²) in [5.74, 6) is 1.20. The van der Waals surface area contributed by atoms with E-state index >= 15 is 0 Å². The number of piperazine rings is 1. The summed E-state index contributed by atoms with van der Waals surface area (Å²) in [6, 6.07) is 9.87. The quantitative estimate of drug-likeness (QED) is 0.503. The minimum atomic E-state index is -3.54. The molecule has 11 nitrogen and oxygen atoms in total. The second kappa shape index (κ2) is 9.63. The van der Waals surface area contributed by atoms with Crippen molar-refractivity contribution >= 4 is 21.7 Å². The van der Waals surface area contributed by atoms with Gasteiger partial charge in [-0.15, -0.1) is 10.2 Å². The highest BCUT2D eigenvalue weighted by molar-refractivity contribution is 7.89. The Morgan fingerprint density at radius 2 is 1.58 bits per heavy atom. The summed E-state index contributed by atoms with van der Waals surface area (Å²) in [7, 11) is -3.54. The molecule has 3 aromatic rings. The Morgan fingerprint density at radius 3 is 2.12 bits per heavy atom. The van der Waals surface area contributed by atoms with E-state index in [1.54, 1.807) is 37.2 Å². The van der Waals surface area contributed by atoms with Gasteiger partial charge in [-0.05, 0) is 36.4 Å². The fraction of sp³-hybridized carbons (Fsp3) is 0.381. The van der Waals surface area contributed by atoms with Crippen molar-refractivity contribution in [2.75, 3.05) is 44.2 Å². The Labute approximate surface area is 192 Å². The lowest BCUT2D eigenvalue weighted by Gasteiger charge is -2.35. The fourth-order valence-electron chi connectivity index (χ4n) is 3.74. The third-order valence-electron chi connectivity index (χ3n) is 5.63. The lowest BCUT2D eigenvalue weighted by atomic mass is 10.2. The molecule has 174 valence electrons. The zero-order valence-electron chi connectivity index (χ0n) is 18.6. The first-order valence-corrected chi connectivity index (χ1v) is 12.2. The van der Waals surface area contributed by atoms with Gasteiger partial charge in [0.25, 0.3) is 5.91 Å². The number of aromatic nitrogens is 5. The normalized spacial score (nSPS) is 14.6. The third-order valence-corrected chi connectivity index (χ3v) is 7.69. The molecule has 2 aromatic heterocycles. The van der Waals surface area contributed by atoms with Gasteiger partial charge in [0, 0.05) is 44.8 Å². The molecule has 1 aliphatic rings. The Kier molecular flexibility index (Phi) is 6.65. The number of rotatable bonds is 7. The zero-order valence-corrected chi connectivity index (χ0v) is 19.4.